The van der Waals surface area contributed by atoms with Crippen LogP contribution in [0.4, 0.5) is 0 Å². The zero-order chi connectivity index (χ0) is 22.2. The van der Waals surface area contributed by atoms with E-state index in [1.165, 1.54) is 6.26 Å². The molecule has 0 amide bonds. The van der Waals surface area contributed by atoms with Crippen molar-refractivity contribution in [3.8, 4) is 5.75 Å². The van der Waals surface area contributed by atoms with Gasteiger partial charge in [0.15, 0.2) is 6.61 Å². The van der Waals surface area contributed by atoms with Crippen molar-refractivity contribution in [3.05, 3.63) is 77.0 Å². The lowest BCUT2D eigenvalue weighted by molar-refractivity contribution is 0.0440. The number of aromatic nitrogens is 1. The monoisotopic (exact) mass is 425 g/mol. The molecule has 3 aromatic rings. The minimum absolute atomic E-state index is 0.0359. The molecule has 0 aliphatic carbocycles. The Labute approximate surface area is 181 Å². The Morgan fingerprint density at radius 3 is 2.61 bits per heavy atom. The molecule has 0 bridgehead atoms. The summed E-state index contributed by atoms with van der Waals surface area (Å²) < 4.78 is 23.3. The van der Waals surface area contributed by atoms with Crippen molar-refractivity contribution in [2.75, 3.05) is 20.3 Å². The number of rotatable bonds is 11. The molecule has 0 N–H and O–H groups in total. The smallest absolute Gasteiger partial charge is 0.375 e. The maximum atomic E-state index is 12.7. The molecule has 0 fully saturated rings. The molecule has 0 aliphatic heterocycles. The summed E-state index contributed by atoms with van der Waals surface area (Å²) in [5.41, 5.74) is 2.94. The Morgan fingerprint density at radius 1 is 1.10 bits per heavy atom. The summed E-state index contributed by atoms with van der Waals surface area (Å²) in [7, 11) is 1.66. The van der Waals surface area contributed by atoms with E-state index in [2.05, 4.69) is 4.57 Å². The molecule has 0 spiro atoms. The summed E-state index contributed by atoms with van der Waals surface area (Å²) in [5.74, 6) is -0.236. The van der Waals surface area contributed by atoms with Crippen LogP contribution < -0.4 is 4.74 Å². The first kappa shape index (κ1) is 22.4. The molecule has 0 unspecified atom stereocenters. The molecule has 7 nitrogen and oxygen atoms in total. The second kappa shape index (κ2) is 10.6. The topological polar surface area (TPSA) is 79.9 Å². The van der Waals surface area contributed by atoms with Crippen molar-refractivity contribution < 1.29 is 28.2 Å². The molecule has 2 heterocycles. The van der Waals surface area contributed by atoms with Gasteiger partial charge in [-0.05, 0) is 44.5 Å². The second-order valence-electron chi connectivity index (χ2n) is 7.16. The third-order valence-electron chi connectivity index (χ3n) is 5.01. The van der Waals surface area contributed by atoms with Gasteiger partial charge < -0.3 is 23.2 Å². The fraction of sp³-hybridized carbons (Fsp3) is 0.333. The highest BCUT2D eigenvalue weighted by Crippen LogP contribution is 2.19. The number of carbonyl (C=O) groups is 2. The van der Waals surface area contributed by atoms with Crippen molar-refractivity contribution in [1.82, 2.24) is 4.57 Å². The first-order valence-electron chi connectivity index (χ1n) is 10.1. The molecule has 1 aromatic carbocycles. The molecule has 2 aromatic heterocycles. The predicted molar refractivity (Wildman–Crippen MR) is 114 cm³/mol. The number of esters is 1. The average Bonchev–Trinajstić information content (AvgIpc) is 3.36. The number of Topliss-reactive ketones (excluding diaryl/α,β-unsaturated/α-hetero) is 1. The number of carbonyl (C=O) groups excluding carboxylic acids is 2. The van der Waals surface area contributed by atoms with E-state index in [4.69, 9.17) is 18.6 Å². The van der Waals surface area contributed by atoms with Gasteiger partial charge in [0.1, 0.15) is 12.4 Å². The first-order valence-corrected chi connectivity index (χ1v) is 10.1. The maximum absolute atomic E-state index is 12.7. The molecule has 3 rings (SSSR count). The second-order valence-corrected chi connectivity index (χ2v) is 7.16. The van der Waals surface area contributed by atoms with Crippen LogP contribution in [0.5, 0.6) is 5.75 Å². The fourth-order valence-corrected chi connectivity index (χ4v) is 3.38. The molecule has 0 radical (unpaired) electrons. The summed E-state index contributed by atoms with van der Waals surface area (Å²) >= 11 is 0. The zero-order valence-electron chi connectivity index (χ0n) is 18.1. The normalized spacial score (nSPS) is 10.8. The van der Waals surface area contributed by atoms with Crippen molar-refractivity contribution in [1.29, 1.82) is 0 Å². The van der Waals surface area contributed by atoms with Gasteiger partial charge in [-0.3, -0.25) is 4.79 Å². The molecule has 31 heavy (non-hydrogen) atoms. The van der Waals surface area contributed by atoms with E-state index >= 15 is 0 Å². The van der Waals surface area contributed by atoms with Crippen molar-refractivity contribution >= 4 is 11.8 Å². The Kier molecular flexibility index (Phi) is 7.67. The Morgan fingerprint density at radius 2 is 1.87 bits per heavy atom. The molecule has 7 heteroatoms. The summed E-state index contributed by atoms with van der Waals surface area (Å²) in [6.45, 7) is 5.04. The first-order chi connectivity index (χ1) is 15.0. The van der Waals surface area contributed by atoms with Gasteiger partial charge in [0.05, 0.1) is 6.26 Å². The lowest BCUT2D eigenvalue weighted by Gasteiger charge is -2.09. The number of benzene rings is 1. The highest BCUT2D eigenvalue weighted by Gasteiger charge is 2.21. The van der Waals surface area contributed by atoms with Crippen molar-refractivity contribution in [3.63, 3.8) is 0 Å². The van der Waals surface area contributed by atoms with Crippen LogP contribution in [0, 0.1) is 13.8 Å². The van der Waals surface area contributed by atoms with E-state index in [1.807, 2.05) is 50.2 Å². The van der Waals surface area contributed by atoms with Crippen LogP contribution >= 0.6 is 0 Å². The SMILES string of the molecule is COCCCn1c(C)cc(C(=O)COC(=O)c2occc2COc2ccccc2)c1C. The van der Waals surface area contributed by atoms with E-state index in [-0.39, 0.29) is 24.8 Å². The van der Waals surface area contributed by atoms with E-state index in [0.717, 1.165) is 24.4 Å². The summed E-state index contributed by atoms with van der Waals surface area (Å²) in [6, 6.07) is 12.7. The van der Waals surface area contributed by atoms with Crippen LogP contribution in [0.3, 0.4) is 0 Å². The van der Waals surface area contributed by atoms with E-state index in [0.29, 0.717) is 23.5 Å². The van der Waals surface area contributed by atoms with Crippen molar-refractivity contribution in [2.24, 2.45) is 0 Å². The Bertz CT molecular complexity index is 1020. The van der Waals surface area contributed by atoms with Crippen LogP contribution in [-0.2, 0) is 22.6 Å². The molecular formula is C24H27NO6. The minimum atomic E-state index is -0.695. The number of ether oxygens (including phenoxy) is 3. The highest BCUT2D eigenvalue weighted by atomic mass is 16.5. The van der Waals surface area contributed by atoms with E-state index < -0.39 is 5.97 Å². The molecule has 0 atom stereocenters. The highest BCUT2D eigenvalue weighted by molar-refractivity contribution is 6.00. The number of furan rings is 1. The number of hydrogen-bond donors (Lipinski definition) is 0. The zero-order valence-corrected chi connectivity index (χ0v) is 18.1. The Hall–Kier alpha value is -3.32. The number of hydrogen-bond acceptors (Lipinski definition) is 6. The summed E-state index contributed by atoms with van der Waals surface area (Å²) in [4.78, 5) is 25.1. The predicted octanol–water partition coefficient (Wildman–Crippen LogP) is 4.35. The van der Waals surface area contributed by atoms with Crippen LogP contribution in [0.25, 0.3) is 0 Å². The summed E-state index contributed by atoms with van der Waals surface area (Å²) in [6.07, 6.45) is 2.25. The van der Waals surface area contributed by atoms with Crippen molar-refractivity contribution in [2.45, 2.75) is 33.4 Å². The third kappa shape index (κ3) is 5.64. The number of aryl methyl sites for hydroxylation is 1. The van der Waals surface area contributed by atoms with Gasteiger partial charge in [-0.1, -0.05) is 18.2 Å². The average molecular weight is 425 g/mol. The maximum Gasteiger partial charge on any atom is 0.375 e. The van der Waals surface area contributed by atoms with Gasteiger partial charge in [-0.2, -0.15) is 0 Å². The van der Waals surface area contributed by atoms with Crippen LogP contribution in [0.2, 0.25) is 0 Å². The molecular weight excluding hydrogens is 398 g/mol. The molecule has 0 saturated carbocycles. The fourth-order valence-electron chi connectivity index (χ4n) is 3.38. The summed E-state index contributed by atoms with van der Waals surface area (Å²) in [5, 5.41) is 0. The largest absolute Gasteiger partial charge is 0.489 e. The molecule has 0 aliphatic rings. The van der Waals surface area contributed by atoms with Gasteiger partial charge in [0.25, 0.3) is 0 Å². The van der Waals surface area contributed by atoms with Gasteiger partial charge >= 0.3 is 5.97 Å². The number of para-hydroxylation sites is 1. The van der Waals surface area contributed by atoms with Gasteiger partial charge in [0, 0.05) is 42.8 Å². The lowest BCUT2D eigenvalue weighted by Crippen LogP contribution is -2.16. The minimum Gasteiger partial charge on any atom is -0.489 e. The van der Waals surface area contributed by atoms with Gasteiger partial charge in [0.2, 0.25) is 11.5 Å². The number of nitrogens with zero attached hydrogens (tertiary/aromatic N) is 1. The standard InChI is InChI=1S/C24H27NO6/c1-17-14-21(18(2)25(17)11-7-12-28-3)22(26)16-31-24(27)23-19(10-13-29-23)15-30-20-8-5-4-6-9-20/h4-6,8-10,13-14H,7,11-12,15-16H2,1-3H3. The van der Waals surface area contributed by atoms with Crippen LogP contribution in [0.1, 0.15) is 44.3 Å². The van der Waals surface area contributed by atoms with Gasteiger partial charge in [-0.15, -0.1) is 0 Å². The molecule has 164 valence electrons. The van der Waals surface area contributed by atoms with Crippen LogP contribution in [-0.4, -0.2) is 36.6 Å². The van der Waals surface area contributed by atoms with E-state index in [9.17, 15) is 9.59 Å². The lowest BCUT2D eigenvalue weighted by atomic mass is 10.1. The van der Waals surface area contributed by atoms with Crippen LogP contribution in [0.15, 0.2) is 53.1 Å². The van der Waals surface area contributed by atoms with E-state index in [1.54, 1.807) is 13.2 Å². The number of methoxy groups -OCH3 is 1. The number of ketones is 1. The Balaban J connectivity index is 1.58. The third-order valence-corrected chi connectivity index (χ3v) is 5.01. The quantitative estimate of drug-likeness (QED) is 0.258. The molecule has 0 saturated heterocycles. The van der Waals surface area contributed by atoms with Gasteiger partial charge in [-0.25, -0.2) is 4.79 Å².